The van der Waals surface area contributed by atoms with Crippen molar-refractivity contribution in [2.24, 2.45) is 0 Å². The zero-order chi connectivity index (χ0) is 5.82. The SMILES string of the molecule is Br.C[CH2][Mg][CH]1OCCO1. The van der Waals surface area contributed by atoms with Gasteiger partial charge in [-0.15, -0.1) is 21.5 Å². The van der Waals surface area contributed by atoms with E-state index in [1.54, 1.807) is 0 Å². The summed E-state index contributed by atoms with van der Waals surface area (Å²) in [4.78, 5) is 0. The van der Waals surface area contributed by atoms with Gasteiger partial charge in [0.25, 0.3) is 0 Å². The summed E-state index contributed by atoms with van der Waals surface area (Å²) in [6.07, 6.45) is 0. The van der Waals surface area contributed by atoms with Crippen molar-refractivity contribution in [3.8, 4) is 0 Å². The predicted octanol–water partition coefficient (Wildman–Crippen LogP) is 1.04. The third kappa shape index (κ3) is 3.78. The van der Waals surface area contributed by atoms with E-state index in [-0.39, 0.29) is 41.8 Å². The first-order chi connectivity index (χ1) is 3.93. The third-order valence-electron chi connectivity index (χ3n) is 1.22. The number of ether oxygens (including phenoxy) is 2. The molecule has 0 bridgehead atoms. The van der Waals surface area contributed by atoms with Crippen LogP contribution in [0.3, 0.4) is 0 Å². The minimum atomic E-state index is -0.0463. The van der Waals surface area contributed by atoms with Crippen molar-refractivity contribution in [1.29, 1.82) is 0 Å². The number of hydrogen-bond donors (Lipinski definition) is 0. The van der Waals surface area contributed by atoms with Gasteiger partial charge >= 0.3 is 20.4 Å². The molecule has 0 aromatic heterocycles. The van der Waals surface area contributed by atoms with Crippen molar-refractivity contribution >= 4 is 37.3 Å². The molecule has 1 rings (SSSR count). The van der Waals surface area contributed by atoms with E-state index in [1.165, 1.54) is 4.55 Å². The molecular formula is C5H11BrMgO2. The second kappa shape index (κ2) is 5.91. The van der Waals surface area contributed by atoms with E-state index >= 15 is 0 Å². The highest BCUT2D eigenvalue weighted by Gasteiger charge is 2.16. The standard InChI is InChI=1S/C3H5O2.C2H5.BrH.Mg/c1-2-5-3-4-1;1-2;;/h3H,1-2H2;1H2,2H3;1H;. The average Bonchev–Trinajstić information content (AvgIpc) is 2.19. The van der Waals surface area contributed by atoms with Crippen molar-refractivity contribution in [2.45, 2.75) is 15.9 Å². The average molecular weight is 207 g/mol. The molecule has 1 fully saturated rings. The van der Waals surface area contributed by atoms with Gasteiger partial charge in [-0.2, -0.15) is 0 Å². The summed E-state index contributed by atoms with van der Waals surface area (Å²) in [5, 5.41) is 0. The minimum absolute atomic E-state index is 0. The van der Waals surface area contributed by atoms with Gasteiger partial charge in [-0.3, -0.25) is 0 Å². The van der Waals surface area contributed by atoms with Crippen LogP contribution in [0.15, 0.2) is 0 Å². The van der Waals surface area contributed by atoms with Crippen molar-refractivity contribution in [3.63, 3.8) is 0 Å². The second-order valence-electron chi connectivity index (χ2n) is 1.96. The lowest BCUT2D eigenvalue weighted by Gasteiger charge is -2.03. The van der Waals surface area contributed by atoms with Crippen LogP contribution in [0.4, 0.5) is 0 Å². The van der Waals surface area contributed by atoms with Gasteiger partial charge in [0, 0.05) is 4.42 Å². The van der Waals surface area contributed by atoms with Gasteiger partial charge in [0.05, 0.1) is 13.2 Å². The molecule has 0 saturated carbocycles. The summed E-state index contributed by atoms with van der Waals surface area (Å²) in [6.45, 7) is 3.83. The molecule has 0 aromatic carbocycles. The Morgan fingerprint density at radius 2 is 2.00 bits per heavy atom. The molecule has 1 heterocycles. The Kier molecular flexibility index (Phi) is 6.68. The summed E-state index contributed by atoms with van der Waals surface area (Å²) in [7, 11) is 0. The number of rotatable bonds is 2. The van der Waals surface area contributed by atoms with Gasteiger partial charge in [0.1, 0.15) is 0 Å². The largest absolute Gasteiger partial charge is 0.452 e. The lowest BCUT2D eigenvalue weighted by molar-refractivity contribution is 0.0237. The molecule has 0 aliphatic carbocycles. The summed E-state index contributed by atoms with van der Waals surface area (Å²) in [6, 6.07) is 0. The molecule has 1 aliphatic rings. The summed E-state index contributed by atoms with van der Waals surface area (Å²) >= 11 is -0.0463. The first kappa shape index (κ1) is 10.2. The Bertz CT molecular complexity index is 66.0. The Morgan fingerprint density at radius 1 is 1.44 bits per heavy atom. The van der Waals surface area contributed by atoms with E-state index in [4.69, 9.17) is 9.47 Å². The molecule has 1 aliphatic heterocycles. The van der Waals surface area contributed by atoms with Crippen LogP contribution < -0.4 is 0 Å². The van der Waals surface area contributed by atoms with Crippen LogP contribution in [0.25, 0.3) is 0 Å². The van der Waals surface area contributed by atoms with E-state index in [0.29, 0.717) is 0 Å². The molecule has 0 amide bonds. The van der Waals surface area contributed by atoms with E-state index in [9.17, 15) is 0 Å². The van der Waals surface area contributed by atoms with E-state index < -0.39 is 0 Å². The maximum Gasteiger partial charge on any atom is 0.452 e. The molecule has 0 spiro atoms. The Labute approximate surface area is 75.8 Å². The quantitative estimate of drug-likeness (QED) is 0.630. The van der Waals surface area contributed by atoms with E-state index in [0.717, 1.165) is 13.2 Å². The summed E-state index contributed by atoms with van der Waals surface area (Å²) < 4.78 is 12.0. The summed E-state index contributed by atoms with van der Waals surface area (Å²) in [5.41, 5.74) is 0. The van der Waals surface area contributed by atoms with Crippen LogP contribution in [-0.2, 0) is 9.47 Å². The molecule has 0 unspecified atom stereocenters. The molecule has 0 atom stereocenters. The van der Waals surface area contributed by atoms with Gasteiger partial charge < -0.3 is 9.47 Å². The summed E-state index contributed by atoms with van der Waals surface area (Å²) in [5.74, 6) is 0. The Hall–Kier alpha value is 1.17. The molecule has 1 saturated heterocycles. The first-order valence-electron chi connectivity index (χ1n) is 3.16. The van der Waals surface area contributed by atoms with Gasteiger partial charge in [-0.05, 0) is 0 Å². The van der Waals surface area contributed by atoms with Gasteiger partial charge in [0.2, 0.25) is 0 Å². The van der Waals surface area contributed by atoms with Gasteiger partial charge in [-0.25, -0.2) is 0 Å². The predicted molar refractivity (Wildman–Crippen MR) is 42.2 cm³/mol. The minimum Gasteiger partial charge on any atom is -0.379 e. The molecule has 0 radical (unpaired) electrons. The smallest absolute Gasteiger partial charge is 0.379 e. The Balaban J connectivity index is 0.000000640. The van der Waals surface area contributed by atoms with Crippen LogP contribution in [0.1, 0.15) is 6.92 Å². The topological polar surface area (TPSA) is 18.5 Å². The van der Waals surface area contributed by atoms with Crippen molar-refractivity contribution in [3.05, 3.63) is 0 Å². The van der Waals surface area contributed by atoms with Crippen molar-refractivity contribution < 1.29 is 9.47 Å². The molecule has 9 heavy (non-hydrogen) atoms. The maximum atomic E-state index is 5.23. The fraction of sp³-hybridized carbons (Fsp3) is 1.00. The number of hydrogen-bond acceptors (Lipinski definition) is 2. The fourth-order valence-electron chi connectivity index (χ4n) is 0.810. The Morgan fingerprint density at radius 3 is 2.44 bits per heavy atom. The van der Waals surface area contributed by atoms with Crippen LogP contribution in [0.2, 0.25) is 4.55 Å². The molecular weight excluding hydrogens is 196 g/mol. The van der Waals surface area contributed by atoms with Crippen LogP contribution in [0.5, 0.6) is 0 Å². The lowest BCUT2D eigenvalue weighted by atomic mass is 10.8. The highest BCUT2D eigenvalue weighted by Crippen LogP contribution is 2.02. The zero-order valence-electron chi connectivity index (χ0n) is 5.63. The van der Waals surface area contributed by atoms with Crippen LogP contribution >= 0.6 is 17.0 Å². The second-order valence-corrected chi connectivity index (χ2v) is 4.20. The van der Waals surface area contributed by atoms with Gasteiger partial charge in [-0.1, -0.05) is 6.92 Å². The molecule has 4 heteroatoms. The molecule has 0 aromatic rings. The highest BCUT2D eigenvalue weighted by molar-refractivity contribution is 8.93. The van der Waals surface area contributed by atoms with Crippen LogP contribution in [-0.4, -0.2) is 38.0 Å². The monoisotopic (exact) mass is 206 g/mol. The molecule has 52 valence electrons. The van der Waals surface area contributed by atoms with Crippen molar-refractivity contribution in [2.75, 3.05) is 13.2 Å². The molecule has 0 N–H and O–H groups in total. The first-order valence-corrected chi connectivity index (χ1v) is 4.98. The molecule has 2 nitrogen and oxygen atoms in total. The maximum absolute atomic E-state index is 5.23. The highest BCUT2D eigenvalue weighted by atomic mass is 79.9. The zero-order valence-corrected chi connectivity index (χ0v) is 8.76. The lowest BCUT2D eigenvalue weighted by Crippen LogP contribution is -2.15. The third-order valence-corrected chi connectivity index (χ3v) is 2.74. The number of halogens is 1. The van der Waals surface area contributed by atoms with Gasteiger partial charge in [0.15, 0.2) is 0 Å². The van der Waals surface area contributed by atoms with E-state index in [1.807, 2.05) is 0 Å². The normalized spacial score (nSPS) is 18.8. The van der Waals surface area contributed by atoms with Crippen molar-refractivity contribution in [1.82, 2.24) is 0 Å². The van der Waals surface area contributed by atoms with E-state index in [2.05, 4.69) is 6.92 Å². The fourth-order valence-corrected chi connectivity index (χ4v) is 1.95. The van der Waals surface area contributed by atoms with Crippen LogP contribution in [0, 0.1) is 0 Å².